The maximum Gasteiger partial charge on any atom is 1.00 e. The van der Waals surface area contributed by atoms with E-state index in [0.29, 0.717) is 83.7 Å². The summed E-state index contributed by atoms with van der Waals surface area (Å²) in [6, 6.07) is 37.8. The van der Waals surface area contributed by atoms with Crippen LogP contribution >= 0.6 is 11.6 Å². The normalized spacial score (nSPS) is 10.1. The van der Waals surface area contributed by atoms with Crippen molar-refractivity contribution in [3.63, 3.8) is 0 Å². The molecule has 24 heteroatoms. The van der Waals surface area contributed by atoms with Crippen LogP contribution in [0.5, 0.6) is 17.2 Å². The predicted molar refractivity (Wildman–Crippen MR) is 353 cm³/mol. The molecule has 21 nitrogen and oxygen atoms in total. The van der Waals surface area contributed by atoms with E-state index in [1.807, 2.05) is 93.3 Å². The van der Waals surface area contributed by atoms with Crippen molar-refractivity contribution in [2.24, 2.45) is 0 Å². The third kappa shape index (κ3) is 19.4. The number of hydrogen-bond acceptors (Lipinski definition) is 20. The third-order valence-corrected chi connectivity index (χ3v) is 13.7. The molecule has 0 aliphatic heterocycles. The summed E-state index contributed by atoms with van der Waals surface area (Å²) >= 11 is 6.16. The first-order valence-corrected chi connectivity index (χ1v) is 26.9. The van der Waals surface area contributed by atoms with Crippen LogP contribution < -0.4 is 63.9 Å². The standard InChI is InChI=1S/C21H23N3O3.C20H21N3O3.C14H16ClN3O2.C7H9BO3.3CH4.Na.H2O/c1-13(2)24(3)20-19(15-8-6-7-9-18(15)26-4)22-16-11-10-14(21(25)27-5)12-17(16)23-20;1-12(2)23(3)19-18(14-7-5-6-8-17(14)26-4)21-15-10-9-13(20(24)25)11-16(15)22-19;1-8(2)18(3)13-12(15)16-10-6-5-9(14(19)20-4)7-11(10)17-13;1-11-7-5-3-2-4-6(7)8(9)10;;;;;/h6-13H,1-5H3;5-12H,1-4H3,(H,24,25);5-8H,1-4H3;2-5,9-10H,1H3;3*1H4;;1H2/q;;;;;;;+1;/p-1. The average Bonchev–Trinajstić information content (AvgIpc) is 1.09. The Morgan fingerprint density at radius 2 is 0.787 bits per heavy atom. The molecule has 3 heterocycles. The van der Waals surface area contributed by atoms with Crippen LogP contribution in [0.25, 0.3) is 55.6 Å². The SMILES string of the molecule is C.C.C.COC(=O)c1ccc2nc(-c3ccccc3OC)c(N(C)C(C)C)nc2c1.COC(=O)c1ccc2nc(Cl)c(N(C)C(C)C)nc2c1.COc1ccccc1-c1nc2ccc(C(=O)O)cc2nc1N(C)C(C)C.COc1ccccc1B(O)O.[Na+].[OH-]. The molecule has 0 aliphatic rings. The largest absolute Gasteiger partial charge is 1.00 e. The minimum Gasteiger partial charge on any atom is -0.870 e. The van der Waals surface area contributed by atoms with Gasteiger partial charge in [-0.15, -0.1) is 0 Å². The number of halogens is 1. The van der Waals surface area contributed by atoms with Crippen LogP contribution in [0, 0.1) is 0 Å². The molecule has 0 fully saturated rings. The van der Waals surface area contributed by atoms with Crippen molar-refractivity contribution in [2.75, 3.05) is 71.4 Å². The number of ether oxygens (including phenoxy) is 5. The maximum atomic E-state index is 11.9. The first-order chi connectivity index (χ1) is 40.1. The zero-order valence-corrected chi connectivity index (χ0v) is 53.6. The molecule has 9 rings (SSSR count). The summed E-state index contributed by atoms with van der Waals surface area (Å²) in [6.45, 7) is 12.4. The molecule has 0 amide bonds. The topological polar surface area (TPSA) is 275 Å². The van der Waals surface area contributed by atoms with Gasteiger partial charge >= 0.3 is 54.6 Å². The first-order valence-electron chi connectivity index (χ1n) is 26.5. The number of carboxylic acid groups (broad SMARTS) is 1. The Kier molecular flexibility index (Phi) is 32.1. The van der Waals surface area contributed by atoms with Crippen LogP contribution in [0.2, 0.25) is 5.15 Å². The molecule has 4 N–H and O–H groups in total. The maximum absolute atomic E-state index is 11.9. The Morgan fingerprint density at radius 1 is 0.461 bits per heavy atom. The van der Waals surface area contributed by atoms with Crippen molar-refractivity contribution in [2.45, 2.75) is 81.9 Å². The zero-order chi connectivity index (χ0) is 61.5. The predicted octanol–water partition coefficient (Wildman–Crippen LogP) is 8.81. The Hall–Kier alpha value is -8.22. The van der Waals surface area contributed by atoms with Crippen molar-refractivity contribution >= 4 is 92.6 Å². The molecule has 9 aromatic rings. The van der Waals surface area contributed by atoms with Gasteiger partial charge in [0.1, 0.15) is 28.6 Å². The minimum absolute atomic E-state index is 0. The number of fused-ring (bicyclic) bond motifs is 3. The summed E-state index contributed by atoms with van der Waals surface area (Å²) in [5.41, 5.74) is 8.39. The summed E-state index contributed by atoms with van der Waals surface area (Å²) in [7, 11) is 11.8. The smallest absolute Gasteiger partial charge is 0.870 e. The number of aromatic nitrogens is 6. The fraction of sp³-hybridized carbons (Fsp3) is 0.308. The van der Waals surface area contributed by atoms with E-state index in [4.69, 9.17) is 65.3 Å². The van der Waals surface area contributed by atoms with E-state index < -0.39 is 25.0 Å². The Labute approximate surface area is 549 Å². The Balaban J connectivity index is 0.000000604. The van der Waals surface area contributed by atoms with E-state index >= 15 is 0 Å². The zero-order valence-electron chi connectivity index (χ0n) is 50.9. The van der Waals surface area contributed by atoms with Crippen LogP contribution in [0.4, 0.5) is 17.5 Å². The van der Waals surface area contributed by atoms with E-state index in [9.17, 15) is 19.5 Å². The fourth-order valence-corrected chi connectivity index (χ4v) is 8.37. The average molecular weight is 1250 g/mol. The van der Waals surface area contributed by atoms with E-state index in [-0.39, 0.29) is 81.0 Å². The third-order valence-electron chi connectivity index (χ3n) is 13.5. The van der Waals surface area contributed by atoms with Crippen LogP contribution in [-0.2, 0) is 9.47 Å². The van der Waals surface area contributed by atoms with Gasteiger partial charge in [-0.25, -0.2) is 44.3 Å². The van der Waals surface area contributed by atoms with Crippen molar-refractivity contribution < 1.29 is 88.3 Å². The second-order valence-corrected chi connectivity index (χ2v) is 20.0. The number of esters is 2. The molecule has 0 unspecified atom stereocenters. The van der Waals surface area contributed by atoms with Gasteiger partial charge in [-0.3, -0.25) is 0 Å². The quantitative estimate of drug-likeness (QED) is 0.0638. The van der Waals surface area contributed by atoms with Crippen LogP contribution in [-0.4, -0.2) is 150 Å². The summed E-state index contributed by atoms with van der Waals surface area (Å²) < 4.78 is 25.4. The molecule has 0 bridgehead atoms. The number of carboxylic acids is 1. The van der Waals surface area contributed by atoms with Gasteiger partial charge in [-0.05, 0) is 126 Å². The molecule has 470 valence electrons. The van der Waals surface area contributed by atoms with Crippen LogP contribution in [0.15, 0.2) is 127 Å². The Morgan fingerprint density at radius 3 is 1.13 bits per heavy atom. The van der Waals surface area contributed by atoms with Crippen molar-refractivity contribution in [1.29, 1.82) is 0 Å². The van der Waals surface area contributed by atoms with Gasteiger partial charge < -0.3 is 59.0 Å². The van der Waals surface area contributed by atoms with Gasteiger partial charge in [0.2, 0.25) is 0 Å². The van der Waals surface area contributed by atoms with Gasteiger partial charge in [0, 0.05) is 55.9 Å². The first kappa shape index (κ1) is 78.8. The molecule has 0 saturated heterocycles. The van der Waals surface area contributed by atoms with Gasteiger partial charge in [0.15, 0.2) is 22.6 Å². The monoisotopic (exact) mass is 1250 g/mol. The van der Waals surface area contributed by atoms with Crippen molar-refractivity contribution in [3.05, 3.63) is 149 Å². The number of aromatic carboxylic acids is 1. The van der Waals surface area contributed by atoms with Gasteiger partial charge in [0.25, 0.3) is 0 Å². The van der Waals surface area contributed by atoms with Gasteiger partial charge in [-0.2, -0.15) is 0 Å². The summed E-state index contributed by atoms with van der Waals surface area (Å²) in [5.74, 6) is 2.15. The molecule has 0 atom stereocenters. The minimum atomic E-state index is -1.47. The second kappa shape index (κ2) is 36.3. The fourth-order valence-electron chi connectivity index (χ4n) is 8.11. The molecule has 0 saturated carbocycles. The van der Waals surface area contributed by atoms with Gasteiger partial charge in [-0.1, -0.05) is 76.3 Å². The van der Waals surface area contributed by atoms with Crippen LogP contribution in [0.3, 0.4) is 0 Å². The number of nitrogens with zero attached hydrogens (tertiary/aromatic N) is 9. The number of hydrogen-bond donors (Lipinski definition) is 3. The molecule has 6 aromatic carbocycles. The number of para-hydroxylation sites is 3. The summed E-state index contributed by atoms with van der Waals surface area (Å²) in [5, 5.41) is 27.2. The van der Waals surface area contributed by atoms with Crippen molar-refractivity contribution in [3.8, 4) is 39.8 Å². The summed E-state index contributed by atoms with van der Waals surface area (Å²) in [4.78, 5) is 68.7. The molecule has 3 aromatic heterocycles. The number of carbonyl (C=O) groups excluding carboxylic acids is 2. The van der Waals surface area contributed by atoms with E-state index in [2.05, 4.69) is 42.6 Å². The van der Waals surface area contributed by atoms with E-state index in [0.717, 1.165) is 28.4 Å². The molecular weight excluding hydrogens is 1170 g/mol. The number of carbonyl (C=O) groups is 3. The second-order valence-electron chi connectivity index (χ2n) is 19.7. The number of benzene rings is 6. The number of rotatable bonds is 15. The molecule has 0 spiro atoms. The molecule has 89 heavy (non-hydrogen) atoms. The van der Waals surface area contributed by atoms with E-state index in [1.165, 1.54) is 27.4 Å². The number of methoxy groups -OCH3 is 5. The van der Waals surface area contributed by atoms with Gasteiger partial charge in [0.05, 0.1) is 85.3 Å². The van der Waals surface area contributed by atoms with Crippen molar-refractivity contribution in [1.82, 2.24) is 29.9 Å². The number of anilines is 3. The van der Waals surface area contributed by atoms with Crippen LogP contribution in [0.1, 0.15) is 94.9 Å². The Bertz CT molecular complexity index is 3790. The van der Waals surface area contributed by atoms with E-state index in [1.54, 1.807) is 87.0 Å². The molecule has 0 aliphatic carbocycles. The summed E-state index contributed by atoms with van der Waals surface area (Å²) in [6.07, 6.45) is 0. The molecule has 0 radical (unpaired) electrons. The molecular formula is C65H82BClN9NaO12.